The van der Waals surface area contributed by atoms with E-state index in [-0.39, 0.29) is 18.6 Å². The molecular weight excluding hydrogens is 246 g/mol. The zero-order valence-electron chi connectivity index (χ0n) is 11.4. The number of benzene rings is 1. The minimum Gasteiger partial charge on any atom is -0.465 e. The predicted molar refractivity (Wildman–Crippen MR) is 71.0 cm³/mol. The Balaban J connectivity index is 2.91. The third-order valence-electron chi connectivity index (χ3n) is 2.95. The predicted octanol–water partition coefficient (Wildman–Crippen LogP) is 1.32. The van der Waals surface area contributed by atoms with Crippen molar-refractivity contribution in [1.29, 1.82) is 0 Å². The lowest BCUT2D eigenvalue weighted by Gasteiger charge is -2.26. The number of hydrogen-bond acceptors (Lipinski definition) is 4. The van der Waals surface area contributed by atoms with Crippen LogP contribution in [0.2, 0.25) is 0 Å². The Morgan fingerprint density at radius 1 is 1.26 bits per heavy atom. The fraction of sp³-hybridized carbons (Fsp3) is 0.429. The second kappa shape index (κ2) is 6.89. The van der Waals surface area contributed by atoms with Crippen LogP contribution in [-0.4, -0.2) is 48.2 Å². The number of amides is 1. The molecule has 5 heteroatoms. The Hall–Kier alpha value is -1.88. The Morgan fingerprint density at radius 3 is 2.21 bits per heavy atom. The highest BCUT2D eigenvalue weighted by Gasteiger charge is 2.19. The van der Waals surface area contributed by atoms with Crippen LogP contribution < -0.4 is 0 Å². The normalized spacial score (nSPS) is 11.8. The number of ether oxygens (including phenoxy) is 1. The monoisotopic (exact) mass is 265 g/mol. The number of nitrogens with zero attached hydrogens (tertiary/aromatic N) is 1. The van der Waals surface area contributed by atoms with Crippen LogP contribution in [0.25, 0.3) is 0 Å². The standard InChI is InChI=1S/C14H19NO4/c1-4-15(10(2)9-16)13(17)11-5-7-12(8-6-11)14(18)19-3/h5-8,10,16H,4,9H2,1-3H3/t10-/m0/s1. The molecular formula is C14H19NO4. The molecule has 5 nitrogen and oxygen atoms in total. The maximum absolute atomic E-state index is 12.2. The summed E-state index contributed by atoms with van der Waals surface area (Å²) in [6, 6.07) is 6.04. The fourth-order valence-electron chi connectivity index (χ4n) is 1.79. The van der Waals surface area contributed by atoms with Crippen LogP contribution in [0.15, 0.2) is 24.3 Å². The molecule has 1 atom stereocenters. The first-order valence-corrected chi connectivity index (χ1v) is 6.15. The van der Waals surface area contributed by atoms with Crippen molar-refractivity contribution >= 4 is 11.9 Å². The Kier molecular flexibility index (Phi) is 5.51. The van der Waals surface area contributed by atoms with Crippen LogP contribution in [0.5, 0.6) is 0 Å². The summed E-state index contributed by atoms with van der Waals surface area (Å²) in [6.45, 7) is 4.07. The molecule has 0 aromatic heterocycles. The van der Waals surface area contributed by atoms with E-state index < -0.39 is 5.97 Å². The third-order valence-corrected chi connectivity index (χ3v) is 2.95. The van der Waals surface area contributed by atoms with E-state index in [1.807, 2.05) is 6.92 Å². The van der Waals surface area contributed by atoms with Crippen molar-refractivity contribution in [3.05, 3.63) is 35.4 Å². The Bertz CT molecular complexity index is 441. The second-order valence-electron chi connectivity index (χ2n) is 4.19. The lowest BCUT2D eigenvalue weighted by molar-refractivity contribution is 0.0596. The van der Waals surface area contributed by atoms with Crippen molar-refractivity contribution in [2.24, 2.45) is 0 Å². The van der Waals surface area contributed by atoms with Crippen LogP contribution in [0.1, 0.15) is 34.6 Å². The molecule has 19 heavy (non-hydrogen) atoms. The topological polar surface area (TPSA) is 66.8 Å². The smallest absolute Gasteiger partial charge is 0.337 e. The molecule has 0 aliphatic rings. The van der Waals surface area contributed by atoms with Crippen LogP contribution in [0.3, 0.4) is 0 Å². The summed E-state index contributed by atoms with van der Waals surface area (Å²) in [5, 5.41) is 9.13. The van der Waals surface area contributed by atoms with Gasteiger partial charge in [-0.2, -0.15) is 0 Å². The molecule has 0 spiro atoms. The van der Waals surface area contributed by atoms with Crippen LogP contribution >= 0.6 is 0 Å². The van der Waals surface area contributed by atoms with E-state index in [1.165, 1.54) is 7.11 Å². The van der Waals surface area contributed by atoms with Crippen molar-refractivity contribution in [3.63, 3.8) is 0 Å². The molecule has 0 heterocycles. The fourth-order valence-corrected chi connectivity index (χ4v) is 1.79. The van der Waals surface area contributed by atoms with Crippen molar-refractivity contribution < 1.29 is 19.4 Å². The third kappa shape index (κ3) is 3.54. The van der Waals surface area contributed by atoms with Crippen LogP contribution in [0, 0.1) is 0 Å². The molecule has 1 rings (SSSR count). The van der Waals surface area contributed by atoms with E-state index in [0.717, 1.165) is 0 Å². The lowest BCUT2D eigenvalue weighted by Crippen LogP contribution is -2.40. The summed E-state index contributed by atoms with van der Waals surface area (Å²) < 4.78 is 4.59. The molecule has 1 aromatic rings. The first-order valence-electron chi connectivity index (χ1n) is 6.15. The summed E-state index contributed by atoms with van der Waals surface area (Å²) in [7, 11) is 1.31. The number of carbonyl (C=O) groups excluding carboxylic acids is 2. The van der Waals surface area contributed by atoms with Gasteiger partial charge in [0.05, 0.1) is 25.3 Å². The zero-order chi connectivity index (χ0) is 14.4. The number of likely N-dealkylation sites (N-methyl/N-ethyl adjacent to an activating group) is 1. The summed E-state index contributed by atoms with van der Waals surface area (Å²) in [5.41, 5.74) is 0.882. The van der Waals surface area contributed by atoms with Crippen LogP contribution in [0.4, 0.5) is 0 Å². The quantitative estimate of drug-likeness (QED) is 0.815. The second-order valence-corrected chi connectivity index (χ2v) is 4.19. The number of carbonyl (C=O) groups is 2. The van der Waals surface area contributed by atoms with E-state index in [2.05, 4.69) is 4.74 Å². The molecule has 0 unspecified atom stereocenters. The van der Waals surface area contributed by atoms with Crippen molar-refractivity contribution in [2.45, 2.75) is 19.9 Å². The van der Waals surface area contributed by atoms with Gasteiger partial charge in [-0.1, -0.05) is 0 Å². The Morgan fingerprint density at radius 2 is 1.79 bits per heavy atom. The highest BCUT2D eigenvalue weighted by Crippen LogP contribution is 2.11. The molecule has 0 fully saturated rings. The van der Waals surface area contributed by atoms with E-state index in [4.69, 9.17) is 5.11 Å². The van der Waals surface area contributed by atoms with E-state index in [1.54, 1.807) is 36.1 Å². The highest BCUT2D eigenvalue weighted by molar-refractivity contribution is 5.96. The van der Waals surface area contributed by atoms with Gasteiger partial charge in [0.1, 0.15) is 0 Å². The molecule has 0 aliphatic heterocycles. The number of aliphatic hydroxyl groups excluding tert-OH is 1. The molecule has 0 radical (unpaired) electrons. The zero-order valence-corrected chi connectivity index (χ0v) is 11.4. The summed E-state index contributed by atoms with van der Waals surface area (Å²) in [4.78, 5) is 25.1. The first-order chi connectivity index (χ1) is 9.04. The highest BCUT2D eigenvalue weighted by atomic mass is 16.5. The maximum Gasteiger partial charge on any atom is 0.337 e. The van der Waals surface area contributed by atoms with Crippen molar-refractivity contribution in [3.8, 4) is 0 Å². The average molecular weight is 265 g/mol. The van der Waals surface area contributed by atoms with E-state index >= 15 is 0 Å². The number of aliphatic hydroxyl groups is 1. The van der Waals surface area contributed by atoms with Gasteiger partial charge in [-0.3, -0.25) is 4.79 Å². The van der Waals surface area contributed by atoms with Gasteiger partial charge in [-0.05, 0) is 38.1 Å². The number of hydrogen-bond donors (Lipinski definition) is 1. The van der Waals surface area contributed by atoms with Gasteiger partial charge < -0.3 is 14.7 Å². The van der Waals surface area contributed by atoms with Crippen molar-refractivity contribution in [1.82, 2.24) is 4.90 Å². The lowest BCUT2D eigenvalue weighted by atomic mass is 10.1. The number of rotatable bonds is 5. The minimum atomic E-state index is -0.435. The average Bonchev–Trinajstić information content (AvgIpc) is 2.46. The van der Waals surface area contributed by atoms with Crippen molar-refractivity contribution in [2.75, 3.05) is 20.3 Å². The molecule has 1 amide bonds. The maximum atomic E-state index is 12.2. The largest absolute Gasteiger partial charge is 0.465 e. The molecule has 0 saturated carbocycles. The molecule has 0 saturated heterocycles. The van der Waals surface area contributed by atoms with Gasteiger partial charge in [0.2, 0.25) is 0 Å². The van der Waals surface area contributed by atoms with Gasteiger partial charge in [-0.25, -0.2) is 4.79 Å². The molecule has 104 valence electrons. The van der Waals surface area contributed by atoms with E-state index in [9.17, 15) is 9.59 Å². The van der Waals surface area contributed by atoms with Gasteiger partial charge >= 0.3 is 5.97 Å². The summed E-state index contributed by atoms with van der Waals surface area (Å²) in [5.74, 6) is -0.601. The minimum absolute atomic E-state index is 0.0835. The molecule has 0 bridgehead atoms. The SMILES string of the molecule is CCN(C(=O)c1ccc(C(=O)OC)cc1)[C@@H](C)CO. The van der Waals surface area contributed by atoms with Gasteiger partial charge in [0, 0.05) is 12.1 Å². The molecule has 1 N–H and O–H groups in total. The number of methoxy groups -OCH3 is 1. The van der Waals surface area contributed by atoms with E-state index in [0.29, 0.717) is 17.7 Å². The molecule has 0 aliphatic carbocycles. The van der Waals surface area contributed by atoms with Gasteiger partial charge in [0.15, 0.2) is 0 Å². The van der Waals surface area contributed by atoms with Crippen LogP contribution in [-0.2, 0) is 4.74 Å². The first kappa shape index (κ1) is 15.2. The van der Waals surface area contributed by atoms with Gasteiger partial charge in [0.25, 0.3) is 5.91 Å². The summed E-state index contributed by atoms with van der Waals surface area (Å²) in [6.07, 6.45) is 0. The molecule has 1 aromatic carbocycles. The number of esters is 1. The Labute approximate surface area is 112 Å². The summed E-state index contributed by atoms with van der Waals surface area (Å²) >= 11 is 0. The van der Waals surface area contributed by atoms with Gasteiger partial charge in [-0.15, -0.1) is 0 Å².